The Morgan fingerprint density at radius 1 is 1.50 bits per heavy atom. The molecular formula is C11H16N2O. The molecule has 2 heterocycles. The van der Waals surface area contributed by atoms with E-state index < -0.39 is 0 Å². The highest BCUT2D eigenvalue weighted by molar-refractivity contribution is 5.79. The van der Waals surface area contributed by atoms with E-state index in [9.17, 15) is 0 Å². The third-order valence-corrected chi connectivity index (χ3v) is 2.78. The first-order valence-corrected chi connectivity index (χ1v) is 5.13. The fraction of sp³-hybridized carbons (Fsp3) is 0.545. The molecule has 0 saturated carbocycles. The third kappa shape index (κ3) is 1.81. The summed E-state index contributed by atoms with van der Waals surface area (Å²) in [5, 5.41) is 7.80. The van der Waals surface area contributed by atoms with Gasteiger partial charge >= 0.3 is 0 Å². The summed E-state index contributed by atoms with van der Waals surface area (Å²) in [4.78, 5) is 2.11. The van der Waals surface area contributed by atoms with Crippen LogP contribution in [0.2, 0.25) is 0 Å². The molecule has 0 aliphatic carbocycles. The van der Waals surface area contributed by atoms with Crippen molar-refractivity contribution in [2.75, 3.05) is 6.54 Å². The van der Waals surface area contributed by atoms with Gasteiger partial charge in [-0.25, -0.2) is 0 Å². The quantitative estimate of drug-likeness (QED) is 0.782. The zero-order chi connectivity index (χ0) is 9.97. The number of hydrogen-bond acceptors (Lipinski definition) is 2. The number of hydrogen-bond donors (Lipinski definition) is 1. The molecule has 3 heteroatoms. The maximum atomic E-state index is 7.80. The first-order valence-electron chi connectivity index (χ1n) is 5.13. The van der Waals surface area contributed by atoms with Gasteiger partial charge in [-0.2, -0.15) is 0 Å². The molecule has 76 valence electrons. The van der Waals surface area contributed by atoms with Crippen molar-refractivity contribution in [2.45, 2.75) is 32.7 Å². The second-order valence-corrected chi connectivity index (χ2v) is 3.85. The monoisotopic (exact) mass is 192 g/mol. The van der Waals surface area contributed by atoms with E-state index in [0.29, 0.717) is 0 Å². The second-order valence-electron chi connectivity index (χ2n) is 3.85. The lowest BCUT2D eigenvalue weighted by Crippen LogP contribution is -2.34. The first kappa shape index (κ1) is 9.31. The van der Waals surface area contributed by atoms with Crippen molar-refractivity contribution in [3.05, 3.63) is 23.7 Å². The third-order valence-electron chi connectivity index (χ3n) is 2.78. The molecule has 2 rings (SSSR count). The number of aryl methyl sites for hydroxylation is 1. The molecule has 0 atom stereocenters. The van der Waals surface area contributed by atoms with Gasteiger partial charge in [0.05, 0.1) is 18.6 Å². The van der Waals surface area contributed by atoms with E-state index in [2.05, 4.69) is 4.90 Å². The van der Waals surface area contributed by atoms with Crippen LogP contribution in [0.15, 0.2) is 16.7 Å². The smallest absolute Gasteiger partial charge is 0.125 e. The summed E-state index contributed by atoms with van der Waals surface area (Å²) in [5.74, 6) is 1.75. The summed E-state index contributed by atoms with van der Waals surface area (Å²) in [5.41, 5.74) is 1.18. The lowest BCUT2D eigenvalue weighted by Gasteiger charge is -2.28. The molecule has 1 saturated heterocycles. The Hall–Kier alpha value is -1.25. The van der Waals surface area contributed by atoms with E-state index in [1.807, 2.05) is 13.0 Å². The van der Waals surface area contributed by atoms with Crippen LogP contribution in [-0.2, 0) is 6.54 Å². The summed E-state index contributed by atoms with van der Waals surface area (Å²) in [6.45, 7) is 3.81. The first-order chi connectivity index (χ1) is 6.77. The van der Waals surface area contributed by atoms with Crippen molar-refractivity contribution < 1.29 is 4.42 Å². The average Bonchev–Trinajstić information content (AvgIpc) is 2.56. The van der Waals surface area contributed by atoms with Gasteiger partial charge in [0.15, 0.2) is 0 Å². The molecule has 0 amide bonds. The number of nitrogens with one attached hydrogen (secondary N) is 1. The van der Waals surface area contributed by atoms with Crippen LogP contribution >= 0.6 is 0 Å². The van der Waals surface area contributed by atoms with E-state index in [4.69, 9.17) is 9.83 Å². The Morgan fingerprint density at radius 3 is 3.00 bits per heavy atom. The topological polar surface area (TPSA) is 40.2 Å². The fourth-order valence-corrected chi connectivity index (χ4v) is 1.80. The lowest BCUT2D eigenvalue weighted by atomic mass is 10.1. The molecule has 0 unspecified atom stereocenters. The molecule has 0 aromatic carbocycles. The van der Waals surface area contributed by atoms with Gasteiger partial charge in [-0.05, 0) is 31.4 Å². The zero-order valence-electron chi connectivity index (χ0n) is 8.55. The van der Waals surface area contributed by atoms with Gasteiger partial charge in [0.1, 0.15) is 5.76 Å². The second kappa shape index (κ2) is 3.86. The number of amidine groups is 1. The van der Waals surface area contributed by atoms with Crippen molar-refractivity contribution in [2.24, 2.45) is 0 Å². The molecule has 0 radical (unpaired) electrons. The van der Waals surface area contributed by atoms with E-state index >= 15 is 0 Å². The van der Waals surface area contributed by atoms with Gasteiger partial charge in [-0.15, -0.1) is 0 Å². The van der Waals surface area contributed by atoms with E-state index in [1.165, 1.54) is 12.0 Å². The van der Waals surface area contributed by atoms with Crippen LogP contribution in [-0.4, -0.2) is 17.3 Å². The van der Waals surface area contributed by atoms with Crippen molar-refractivity contribution in [1.82, 2.24) is 4.90 Å². The van der Waals surface area contributed by atoms with Crippen molar-refractivity contribution in [3.63, 3.8) is 0 Å². The molecule has 1 aromatic rings. The molecule has 1 aromatic heterocycles. The minimum Gasteiger partial charge on any atom is -0.467 e. The Kier molecular flexibility index (Phi) is 2.57. The summed E-state index contributed by atoms with van der Waals surface area (Å²) < 4.78 is 5.38. The molecule has 0 spiro atoms. The number of piperidine rings is 1. The Morgan fingerprint density at radius 2 is 2.36 bits per heavy atom. The van der Waals surface area contributed by atoms with E-state index in [-0.39, 0.29) is 0 Å². The van der Waals surface area contributed by atoms with Gasteiger partial charge in [0, 0.05) is 13.0 Å². The minimum atomic E-state index is 0.757. The maximum Gasteiger partial charge on any atom is 0.125 e. The zero-order valence-corrected chi connectivity index (χ0v) is 8.55. The normalized spacial score (nSPS) is 17.5. The SMILES string of the molecule is Cc1ccoc1CN1CCCCC1=N. The van der Waals surface area contributed by atoms with Crippen LogP contribution in [0.25, 0.3) is 0 Å². The van der Waals surface area contributed by atoms with Crippen molar-refractivity contribution in [1.29, 1.82) is 5.41 Å². The average molecular weight is 192 g/mol. The van der Waals surface area contributed by atoms with Crippen molar-refractivity contribution in [3.8, 4) is 0 Å². The molecule has 1 aliphatic rings. The maximum absolute atomic E-state index is 7.80. The predicted molar refractivity (Wildman–Crippen MR) is 55.4 cm³/mol. The molecule has 3 nitrogen and oxygen atoms in total. The van der Waals surface area contributed by atoms with Crippen molar-refractivity contribution >= 4 is 5.84 Å². The van der Waals surface area contributed by atoms with E-state index in [1.54, 1.807) is 6.26 Å². The summed E-state index contributed by atoms with van der Waals surface area (Å²) in [7, 11) is 0. The minimum absolute atomic E-state index is 0.757. The highest BCUT2D eigenvalue weighted by Gasteiger charge is 2.16. The molecule has 1 aliphatic heterocycles. The lowest BCUT2D eigenvalue weighted by molar-refractivity contribution is 0.325. The predicted octanol–water partition coefficient (Wildman–Crippen LogP) is 2.55. The number of rotatable bonds is 2. The van der Waals surface area contributed by atoms with Crippen LogP contribution in [0.3, 0.4) is 0 Å². The van der Waals surface area contributed by atoms with Gasteiger partial charge in [-0.3, -0.25) is 5.41 Å². The number of nitrogens with zero attached hydrogens (tertiary/aromatic N) is 1. The van der Waals surface area contributed by atoms with Crippen LogP contribution in [0.5, 0.6) is 0 Å². The molecular weight excluding hydrogens is 176 g/mol. The van der Waals surface area contributed by atoms with Gasteiger partial charge < -0.3 is 9.32 Å². The van der Waals surface area contributed by atoms with Gasteiger partial charge in [-0.1, -0.05) is 0 Å². The summed E-state index contributed by atoms with van der Waals surface area (Å²) in [6.07, 6.45) is 4.99. The molecule has 14 heavy (non-hydrogen) atoms. The number of furan rings is 1. The summed E-state index contributed by atoms with van der Waals surface area (Å²) in [6, 6.07) is 1.98. The largest absolute Gasteiger partial charge is 0.467 e. The van der Waals surface area contributed by atoms with Gasteiger partial charge in [0.25, 0.3) is 0 Å². The molecule has 1 N–H and O–H groups in total. The van der Waals surface area contributed by atoms with Crippen LogP contribution in [0.4, 0.5) is 0 Å². The Labute approximate surface area is 84.2 Å². The van der Waals surface area contributed by atoms with E-state index in [0.717, 1.165) is 37.5 Å². The standard InChI is InChI=1S/C11H16N2O/c1-9-5-7-14-10(9)8-13-6-3-2-4-11(13)12/h5,7,12H,2-4,6,8H2,1H3. The highest BCUT2D eigenvalue weighted by atomic mass is 16.3. The van der Waals surface area contributed by atoms with Crippen LogP contribution in [0, 0.1) is 12.3 Å². The molecule has 0 bridgehead atoms. The number of likely N-dealkylation sites (tertiary alicyclic amines) is 1. The van der Waals surface area contributed by atoms with Crippen LogP contribution < -0.4 is 0 Å². The Bertz CT molecular complexity index is 330. The summed E-state index contributed by atoms with van der Waals surface area (Å²) >= 11 is 0. The van der Waals surface area contributed by atoms with Crippen LogP contribution in [0.1, 0.15) is 30.6 Å². The fourth-order valence-electron chi connectivity index (χ4n) is 1.80. The molecule has 1 fully saturated rings. The Balaban J connectivity index is 2.03. The highest BCUT2D eigenvalue weighted by Crippen LogP contribution is 2.17. The van der Waals surface area contributed by atoms with Gasteiger partial charge in [0.2, 0.25) is 0 Å².